The lowest BCUT2D eigenvalue weighted by molar-refractivity contribution is -0.123. The van der Waals surface area contributed by atoms with Crippen molar-refractivity contribution in [1.29, 1.82) is 0 Å². The molecule has 2 aromatic carbocycles. The number of furan rings is 1. The summed E-state index contributed by atoms with van der Waals surface area (Å²) in [5.41, 5.74) is 3.25. The number of carbonyl (C=O) groups is 2. The molecule has 1 atom stereocenters. The van der Waals surface area contributed by atoms with Crippen molar-refractivity contribution >= 4 is 29.2 Å². The number of aryl methyl sites for hydroxylation is 2. The molecule has 0 saturated carbocycles. The highest BCUT2D eigenvalue weighted by molar-refractivity contribution is 6.33. The fourth-order valence-electron chi connectivity index (χ4n) is 2.76. The van der Waals surface area contributed by atoms with E-state index in [1.54, 1.807) is 24.3 Å². The number of hydrogen-bond acceptors (Lipinski definition) is 4. The maximum absolute atomic E-state index is 12.4. The SMILES string of the molecule is Cc1cccc(C)c1NC(=O)C(C)OC(=O)c1ccc(-c2ccccc2Cl)o1. The van der Waals surface area contributed by atoms with Gasteiger partial charge in [-0.2, -0.15) is 0 Å². The molecule has 0 aliphatic heterocycles. The summed E-state index contributed by atoms with van der Waals surface area (Å²) in [4.78, 5) is 24.8. The number of nitrogens with one attached hydrogen (secondary N) is 1. The summed E-state index contributed by atoms with van der Waals surface area (Å²) in [6.45, 7) is 5.31. The van der Waals surface area contributed by atoms with Gasteiger partial charge in [0.2, 0.25) is 5.76 Å². The van der Waals surface area contributed by atoms with Crippen molar-refractivity contribution < 1.29 is 18.7 Å². The number of benzene rings is 2. The molecule has 5 nitrogen and oxygen atoms in total. The van der Waals surface area contributed by atoms with Crippen LogP contribution in [0.15, 0.2) is 59.0 Å². The molecule has 0 radical (unpaired) electrons. The highest BCUT2D eigenvalue weighted by Gasteiger charge is 2.22. The summed E-state index contributed by atoms with van der Waals surface area (Å²) in [6, 6.07) is 16.0. The first-order chi connectivity index (χ1) is 13.4. The van der Waals surface area contributed by atoms with Gasteiger partial charge in [0, 0.05) is 11.3 Å². The van der Waals surface area contributed by atoms with Gasteiger partial charge >= 0.3 is 5.97 Å². The largest absolute Gasteiger partial charge is 0.449 e. The molecule has 1 amide bonds. The van der Waals surface area contributed by atoms with Gasteiger partial charge in [0.25, 0.3) is 5.91 Å². The number of amides is 1. The minimum absolute atomic E-state index is 0.00152. The van der Waals surface area contributed by atoms with Crippen molar-refractivity contribution in [3.05, 3.63) is 76.5 Å². The quantitative estimate of drug-likeness (QED) is 0.585. The minimum Gasteiger partial charge on any atom is -0.449 e. The van der Waals surface area contributed by atoms with Gasteiger partial charge in [-0.25, -0.2) is 4.79 Å². The highest BCUT2D eigenvalue weighted by Crippen LogP contribution is 2.29. The van der Waals surface area contributed by atoms with Crippen molar-refractivity contribution in [3.8, 4) is 11.3 Å². The number of carbonyl (C=O) groups excluding carboxylic acids is 2. The predicted molar refractivity (Wildman–Crippen MR) is 109 cm³/mol. The first kappa shape index (κ1) is 19.7. The normalized spacial score (nSPS) is 11.7. The molecule has 1 N–H and O–H groups in total. The monoisotopic (exact) mass is 397 g/mol. The number of anilines is 1. The maximum atomic E-state index is 12.4. The van der Waals surface area contributed by atoms with Crippen LogP contribution in [0.4, 0.5) is 5.69 Å². The van der Waals surface area contributed by atoms with Gasteiger partial charge < -0.3 is 14.5 Å². The Hall–Kier alpha value is -3.05. The van der Waals surface area contributed by atoms with E-state index in [4.69, 9.17) is 20.8 Å². The van der Waals surface area contributed by atoms with E-state index < -0.39 is 18.0 Å². The third-order valence-electron chi connectivity index (χ3n) is 4.33. The number of rotatable bonds is 5. The molecule has 0 bridgehead atoms. The van der Waals surface area contributed by atoms with Crippen LogP contribution in [-0.2, 0) is 9.53 Å². The second-order valence-corrected chi connectivity index (χ2v) is 6.85. The first-order valence-electron chi connectivity index (χ1n) is 8.79. The van der Waals surface area contributed by atoms with E-state index in [0.717, 1.165) is 16.8 Å². The van der Waals surface area contributed by atoms with Crippen molar-refractivity contribution in [1.82, 2.24) is 0 Å². The lowest BCUT2D eigenvalue weighted by atomic mass is 10.1. The third-order valence-corrected chi connectivity index (χ3v) is 4.66. The summed E-state index contributed by atoms with van der Waals surface area (Å²) in [5, 5.41) is 3.32. The Morgan fingerprint density at radius 2 is 1.68 bits per heavy atom. The number of hydrogen-bond donors (Lipinski definition) is 1. The first-order valence-corrected chi connectivity index (χ1v) is 9.17. The van der Waals surface area contributed by atoms with Gasteiger partial charge in [0.15, 0.2) is 6.10 Å². The van der Waals surface area contributed by atoms with Gasteiger partial charge in [-0.15, -0.1) is 0 Å². The Morgan fingerprint density at radius 1 is 1.00 bits per heavy atom. The summed E-state index contributed by atoms with van der Waals surface area (Å²) in [5.74, 6) is -0.682. The molecule has 1 aromatic heterocycles. The highest BCUT2D eigenvalue weighted by atomic mass is 35.5. The molecule has 0 fully saturated rings. The van der Waals surface area contributed by atoms with Crippen LogP contribution in [0.25, 0.3) is 11.3 Å². The standard InChI is InChI=1S/C22H20ClNO4/c1-13-7-6-8-14(2)20(13)24-21(25)15(3)27-22(26)19-12-11-18(28-19)16-9-4-5-10-17(16)23/h4-12,15H,1-3H3,(H,24,25). The smallest absolute Gasteiger partial charge is 0.375 e. The zero-order chi connectivity index (χ0) is 20.3. The summed E-state index contributed by atoms with van der Waals surface area (Å²) >= 11 is 6.15. The Bertz CT molecular complexity index is 1000. The van der Waals surface area contributed by atoms with E-state index in [0.29, 0.717) is 16.3 Å². The van der Waals surface area contributed by atoms with Crippen LogP contribution in [-0.4, -0.2) is 18.0 Å². The van der Waals surface area contributed by atoms with E-state index in [9.17, 15) is 9.59 Å². The molecule has 6 heteroatoms. The Kier molecular flexibility index (Phi) is 5.85. The van der Waals surface area contributed by atoms with Crippen LogP contribution < -0.4 is 5.32 Å². The van der Waals surface area contributed by atoms with Crippen LogP contribution in [0, 0.1) is 13.8 Å². The molecule has 1 unspecified atom stereocenters. The van der Waals surface area contributed by atoms with Gasteiger partial charge in [0.05, 0.1) is 5.02 Å². The van der Waals surface area contributed by atoms with Crippen LogP contribution in [0.1, 0.15) is 28.6 Å². The van der Waals surface area contributed by atoms with E-state index in [1.807, 2.05) is 38.1 Å². The van der Waals surface area contributed by atoms with E-state index in [1.165, 1.54) is 13.0 Å². The van der Waals surface area contributed by atoms with Crippen molar-refractivity contribution in [2.24, 2.45) is 0 Å². The topological polar surface area (TPSA) is 68.5 Å². The number of para-hydroxylation sites is 1. The molecular formula is C22H20ClNO4. The van der Waals surface area contributed by atoms with Crippen LogP contribution >= 0.6 is 11.6 Å². The van der Waals surface area contributed by atoms with Gasteiger partial charge in [0.1, 0.15) is 5.76 Å². The maximum Gasteiger partial charge on any atom is 0.375 e. The molecule has 0 saturated heterocycles. The Morgan fingerprint density at radius 3 is 2.36 bits per heavy atom. The van der Waals surface area contributed by atoms with Crippen LogP contribution in [0.3, 0.4) is 0 Å². The molecule has 1 heterocycles. The molecule has 28 heavy (non-hydrogen) atoms. The van der Waals surface area contributed by atoms with Crippen molar-refractivity contribution in [2.75, 3.05) is 5.32 Å². The fraction of sp³-hybridized carbons (Fsp3) is 0.182. The summed E-state index contributed by atoms with van der Waals surface area (Å²) in [7, 11) is 0. The van der Waals surface area contributed by atoms with Crippen LogP contribution in [0.2, 0.25) is 5.02 Å². The van der Waals surface area contributed by atoms with Crippen LogP contribution in [0.5, 0.6) is 0 Å². The molecule has 0 spiro atoms. The summed E-state index contributed by atoms with van der Waals surface area (Å²) in [6.07, 6.45) is -0.986. The molecule has 144 valence electrons. The van der Waals surface area contributed by atoms with Gasteiger partial charge in [-0.3, -0.25) is 4.79 Å². The second kappa shape index (κ2) is 8.31. The zero-order valence-electron chi connectivity index (χ0n) is 15.8. The number of esters is 1. The molecule has 0 aliphatic carbocycles. The molecule has 3 aromatic rings. The predicted octanol–water partition coefficient (Wildman–Crippen LogP) is 5.40. The summed E-state index contributed by atoms with van der Waals surface area (Å²) < 4.78 is 10.8. The molecule has 3 rings (SSSR count). The average Bonchev–Trinajstić information content (AvgIpc) is 3.15. The van der Waals surface area contributed by atoms with E-state index in [2.05, 4.69) is 5.32 Å². The van der Waals surface area contributed by atoms with Crippen molar-refractivity contribution in [3.63, 3.8) is 0 Å². The second-order valence-electron chi connectivity index (χ2n) is 6.45. The van der Waals surface area contributed by atoms with E-state index >= 15 is 0 Å². The lowest BCUT2D eigenvalue weighted by Crippen LogP contribution is -2.30. The molecular weight excluding hydrogens is 378 g/mol. The third kappa shape index (κ3) is 4.26. The van der Waals surface area contributed by atoms with Gasteiger partial charge in [-0.1, -0.05) is 41.9 Å². The number of halogens is 1. The minimum atomic E-state index is -0.986. The Labute approximate surface area is 168 Å². The fourth-order valence-corrected chi connectivity index (χ4v) is 2.99. The molecule has 0 aliphatic rings. The van der Waals surface area contributed by atoms with Gasteiger partial charge in [-0.05, 0) is 56.2 Å². The zero-order valence-corrected chi connectivity index (χ0v) is 16.5. The Balaban J connectivity index is 1.68. The average molecular weight is 398 g/mol. The number of ether oxygens (including phenoxy) is 1. The van der Waals surface area contributed by atoms with E-state index in [-0.39, 0.29) is 5.76 Å². The van der Waals surface area contributed by atoms with Crippen molar-refractivity contribution in [2.45, 2.75) is 26.9 Å². The lowest BCUT2D eigenvalue weighted by Gasteiger charge is -2.15.